The lowest BCUT2D eigenvalue weighted by molar-refractivity contribution is -0.143. The van der Waals surface area contributed by atoms with Gasteiger partial charge in [0, 0.05) is 37.4 Å². The van der Waals surface area contributed by atoms with Crippen molar-refractivity contribution >= 4 is 31.8 Å². The monoisotopic (exact) mass is 928 g/mol. The van der Waals surface area contributed by atoms with Gasteiger partial charge in [0.1, 0.15) is 12.1 Å². The number of nitrogens with one attached hydrogen (secondary N) is 3. The van der Waals surface area contributed by atoms with Crippen LogP contribution in [0.25, 0.3) is 11.3 Å². The number of nitrogens with zero attached hydrogens (tertiary/aromatic N) is 3. The zero-order chi connectivity index (χ0) is 48.2. The molecule has 2 unspecified atom stereocenters. The molecule has 5 rings (SSSR count). The van der Waals surface area contributed by atoms with Gasteiger partial charge in [-0.25, -0.2) is 14.2 Å². The van der Waals surface area contributed by atoms with Crippen LogP contribution in [0.3, 0.4) is 0 Å². The molecule has 1 aliphatic heterocycles. The molecule has 2 heterocycles. The minimum atomic E-state index is -5.07. The summed E-state index contributed by atoms with van der Waals surface area (Å²) in [6.45, 7) is 13.5. The molecule has 0 radical (unpaired) electrons. The molecular formula is C49H65N6O10P. The lowest BCUT2D eigenvalue weighted by Gasteiger charge is -2.39. The Labute approximate surface area is 388 Å². The number of amides is 5. The van der Waals surface area contributed by atoms with E-state index < -0.39 is 73.1 Å². The number of alkyl carbamates (subject to hydrolysis) is 1. The number of phosphoric acid groups is 1. The molecule has 356 valence electrons. The van der Waals surface area contributed by atoms with Gasteiger partial charge >= 0.3 is 19.9 Å². The fourth-order valence-electron chi connectivity index (χ4n) is 8.22. The molecule has 17 heteroatoms. The summed E-state index contributed by atoms with van der Waals surface area (Å²) >= 11 is 0. The summed E-state index contributed by atoms with van der Waals surface area (Å²) in [5, 5.41) is 9.00. The highest BCUT2D eigenvalue weighted by Gasteiger charge is 2.45. The Bertz CT molecular complexity index is 2250. The fourth-order valence-corrected chi connectivity index (χ4v) is 8.65. The first-order valence-corrected chi connectivity index (χ1v) is 23.6. The van der Waals surface area contributed by atoms with E-state index in [0.717, 1.165) is 27.9 Å². The van der Waals surface area contributed by atoms with E-state index in [1.54, 1.807) is 36.8 Å². The highest BCUT2D eigenvalue weighted by atomic mass is 31.2. The molecule has 0 spiro atoms. The summed E-state index contributed by atoms with van der Waals surface area (Å²) < 4.78 is 28.5. The average Bonchev–Trinajstić information content (AvgIpc) is 3.59. The maximum Gasteiger partial charge on any atom is 0.471 e. The SMILES string of the molecule is COC(=O)N[C@H](C(=O)N[C@@H](Cc1ccc(-c2ccccn2)cc1)C[C@H](OC(C)OP(=O)(O)O)C(Cc1ccccc1)NC(=O)[C@@H](N1CCN(Cc2ccccc2)C1=O)C(C)(C)C)C(C)(C)C. The van der Waals surface area contributed by atoms with Crippen molar-refractivity contribution in [3.63, 3.8) is 0 Å². The van der Waals surface area contributed by atoms with Crippen molar-refractivity contribution in [3.8, 4) is 11.3 Å². The number of phosphoric ester groups is 1. The topological polar surface area (TPSA) is 209 Å². The van der Waals surface area contributed by atoms with Crippen LogP contribution < -0.4 is 16.0 Å². The first kappa shape index (κ1) is 51.3. The summed E-state index contributed by atoms with van der Waals surface area (Å²) in [6, 6.07) is 28.3. The smallest absolute Gasteiger partial charge is 0.453 e. The van der Waals surface area contributed by atoms with Crippen LogP contribution >= 0.6 is 7.82 Å². The van der Waals surface area contributed by atoms with Crippen molar-refractivity contribution in [2.24, 2.45) is 10.8 Å². The predicted molar refractivity (Wildman–Crippen MR) is 250 cm³/mol. The third-order valence-corrected chi connectivity index (χ3v) is 11.9. The lowest BCUT2D eigenvalue weighted by atomic mass is 9.84. The van der Waals surface area contributed by atoms with Gasteiger partial charge in [0.2, 0.25) is 11.8 Å². The maximum atomic E-state index is 15.0. The molecule has 1 saturated heterocycles. The van der Waals surface area contributed by atoms with E-state index in [2.05, 4.69) is 20.9 Å². The number of hydrogen-bond donors (Lipinski definition) is 5. The van der Waals surface area contributed by atoms with Gasteiger partial charge in [-0.1, -0.05) is 133 Å². The Morgan fingerprint density at radius 2 is 1.36 bits per heavy atom. The van der Waals surface area contributed by atoms with E-state index >= 15 is 0 Å². The quantitative estimate of drug-likeness (QED) is 0.0457. The average molecular weight is 929 g/mol. The van der Waals surface area contributed by atoms with Crippen molar-refractivity contribution in [2.75, 3.05) is 20.2 Å². The molecule has 4 aromatic rings. The van der Waals surface area contributed by atoms with Crippen molar-refractivity contribution < 1.29 is 47.5 Å². The standard InChI is InChI=1S/C49H65N6O10P/c1-33(65-66(60,61)62)64-41(31-38(51-44(56)42(48(2,3)4)53-46(58)63-8)29-35-22-24-37(25-23-35)39-21-15-16-26-50-39)40(30-34-17-11-9-12-18-34)52-45(57)43(49(5,6)7)55-28-27-54(47(55)59)32-36-19-13-10-14-20-36/h9-26,33,38,40-43H,27-32H2,1-8H3,(H,51,56)(H,52,57)(H,53,58)(H2,60,61,62)/t33?,38-,40?,41-,42+,43+/m0/s1. The molecule has 0 aliphatic carbocycles. The third-order valence-electron chi connectivity index (χ3n) is 11.3. The molecule has 0 saturated carbocycles. The van der Waals surface area contributed by atoms with E-state index in [1.807, 2.05) is 124 Å². The van der Waals surface area contributed by atoms with Gasteiger partial charge in [-0.05, 0) is 65.8 Å². The zero-order valence-corrected chi connectivity index (χ0v) is 39.9. The number of rotatable bonds is 20. The summed E-state index contributed by atoms with van der Waals surface area (Å²) in [5.74, 6) is -0.985. The number of benzene rings is 3. The van der Waals surface area contributed by atoms with Gasteiger partial charge in [0.15, 0.2) is 6.29 Å². The van der Waals surface area contributed by atoms with Crippen LogP contribution in [0.15, 0.2) is 109 Å². The van der Waals surface area contributed by atoms with Crippen LogP contribution in [0.5, 0.6) is 0 Å². The number of carbonyl (C=O) groups excluding carboxylic acids is 4. The van der Waals surface area contributed by atoms with Gasteiger partial charge in [-0.3, -0.25) is 19.1 Å². The molecule has 5 N–H and O–H groups in total. The normalized spacial score (nSPS) is 16.1. The van der Waals surface area contributed by atoms with Crippen LogP contribution in [0, 0.1) is 10.8 Å². The summed E-state index contributed by atoms with van der Waals surface area (Å²) in [4.78, 5) is 83.5. The molecule has 1 fully saturated rings. The predicted octanol–water partition coefficient (Wildman–Crippen LogP) is 6.86. The van der Waals surface area contributed by atoms with Crippen LogP contribution in [0.4, 0.5) is 9.59 Å². The van der Waals surface area contributed by atoms with Crippen molar-refractivity contribution in [2.45, 2.75) is 111 Å². The van der Waals surface area contributed by atoms with Crippen LogP contribution in [0.1, 0.15) is 71.6 Å². The molecule has 0 bridgehead atoms. The van der Waals surface area contributed by atoms with E-state index in [9.17, 15) is 33.5 Å². The number of pyridine rings is 1. The molecule has 6 atom stereocenters. The van der Waals surface area contributed by atoms with Crippen LogP contribution in [-0.4, -0.2) is 105 Å². The second kappa shape index (κ2) is 22.7. The Morgan fingerprint density at radius 3 is 1.92 bits per heavy atom. The zero-order valence-electron chi connectivity index (χ0n) is 39.0. The molecule has 1 aromatic heterocycles. The summed E-state index contributed by atoms with van der Waals surface area (Å²) in [7, 11) is -3.86. The number of methoxy groups -OCH3 is 1. The van der Waals surface area contributed by atoms with E-state index in [1.165, 1.54) is 14.0 Å². The Balaban J connectivity index is 1.55. The van der Waals surface area contributed by atoms with Gasteiger partial charge in [0.05, 0.1) is 24.9 Å². The van der Waals surface area contributed by atoms with Crippen molar-refractivity contribution in [3.05, 3.63) is 126 Å². The van der Waals surface area contributed by atoms with E-state index in [-0.39, 0.29) is 25.3 Å². The molecule has 1 aliphatic rings. The Morgan fingerprint density at radius 1 is 0.758 bits per heavy atom. The molecule has 66 heavy (non-hydrogen) atoms. The highest BCUT2D eigenvalue weighted by molar-refractivity contribution is 7.46. The first-order valence-electron chi connectivity index (χ1n) is 22.1. The second-order valence-electron chi connectivity index (χ2n) is 18.8. The lowest BCUT2D eigenvalue weighted by Crippen LogP contribution is -2.60. The van der Waals surface area contributed by atoms with Gasteiger partial charge in [-0.2, -0.15) is 0 Å². The van der Waals surface area contributed by atoms with Gasteiger partial charge < -0.3 is 45.0 Å². The van der Waals surface area contributed by atoms with Crippen LogP contribution in [0.2, 0.25) is 0 Å². The number of urea groups is 1. The van der Waals surface area contributed by atoms with E-state index in [0.29, 0.717) is 19.6 Å². The van der Waals surface area contributed by atoms with Crippen LogP contribution in [-0.2, 0) is 47.5 Å². The Hall–Kier alpha value is -5.64. The molecule has 3 aromatic carbocycles. The Kier molecular flexibility index (Phi) is 17.7. The fraction of sp³-hybridized carbons (Fsp3) is 0.449. The number of aromatic nitrogens is 1. The third kappa shape index (κ3) is 15.2. The van der Waals surface area contributed by atoms with Gasteiger partial charge in [0.25, 0.3) is 0 Å². The number of ether oxygens (including phenoxy) is 2. The first-order chi connectivity index (χ1) is 31.1. The molecule has 5 amide bonds. The summed E-state index contributed by atoms with van der Waals surface area (Å²) in [5.41, 5.74) is 2.70. The van der Waals surface area contributed by atoms with Crippen molar-refractivity contribution in [1.82, 2.24) is 30.7 Å². The second-order valence-corrected chi connectivity index (χ2v) is 20.0. The minimum absolute atomic E-state index is 0.0247. The maximum absolute atomic E-state index is 15.0. The largest absolute Gasteiger partial charge is 0.471 e. The molecular weight excluding hydrogens is 864 g/mol. The number of hydrogen-bond acceptors (Lipinski definition) is 9. The minimum Gasteiger partial charge on any atom is -0.453 e. The highest BCUT2D eigenvalue weighted by Crippen LogP contribution is 2.38. The molecule has 16 nitrogen and oxygen atoms in total. The number of carbonyl (C=O) groups is 4. The van der Waals surface area contributed by atoms with Gasteiger partial charge in [-0.15, -0.1) is 0 Å². The van der Waals surface area contributed by atoms with Crippen molar-refractivity contribution in [1.29, 1.82) is 0 Å². The van der Waals surface area contributed by atoms with E-state index in [4.69, 9.17) is 14.0 Å². The summed E-state index contributed by atoms with van der Waals surface area (Å²) in [6.07, 6.45) is -1.28.